The third-order valence-electron chi connectivity index (χ3n) is 4.91. The monoisotopic (exact) mass is 432 g/mol. The molecular formula is C21H25FN4O3S. The summed E-state index contributed by atoms with van der Waals surface area (Å²) in [5.41, 5.74) is 3.14. The van der Waals surface area contributed by atoms with Crippen LogP contribution in [0.5, 0.6) is 0 Å². The first-order valence-electron chi connectivity index (χ1n) is 9.62. The normalized spacial score (nSPS) is 11.2. The fourth-order valence-electron chi connectivity index (χ4n) is 3.28. The number of aromatic nitrogens is 4. The molecule has 0 atom stereocenters. The maximum Gasteiger partial charge on any atom is 0.343 e. The fourth-order valence-corrected chi connectivity index (χ4v) is 4.14. The quantitative estimate of drug-likeness (QED) is 0.302. The van der Waals surface area contributed by atoms with Crippen LogP contribution in [0.4, 0.5) is 4.39 Å². The van der Waals surface area contributed by atoms with Crippen molar-refractivity contribution < 1.29 is 13.9 Å². The number of carbonyl (C=O) groups excluding carboxylic acids is 1. The smallest absolute Gasteiger partial charge is 0.343 e. The molecule has 2 heterocycles. The van der Waals surface area contributed by atoms with Gasteiger partial charge >= 0.3 is 5.69 Å². The van der Waals surface area contributed by atoms with Crippen molar-refractivity contribution in [2.45, 2.75) is 38.5 Å². The number of benzene rings is 1. The summed E-state index contributed by atoms with van der Waals surface area (Å²) < 4.78 is 21.7. The largest absolute Gasteiger partial charge is 0.385 e. The molecule has 0 saturated carbocycles. The van der Waals surface area contributed by atoms with Gasteiger partial charge < -0.3 is 9.30 Å². The van der Waals surface area contributed by atoms with Crippen molar-refractivity contribution in [1.82, 2.24) is 19.3 Å². The third-order valence-corrected chi connectivity index (χ3v) is 5.89. The van der Waals surface area contributed by atoms with E-state index in [1.807, 2.05) is 24.5 Å². The molecule has 0 aliphatic carbocycles. The summed E-state index contributed by atoms with van der Waals surface area (Å²) in [6, 6.07) is 8.22. The molecule has 0 radical (unpaired) electrons. The lowest BCUT2D eigenvalue weighted by Crippen LogP contribution is -2.18. The van der Waals surface area contributed by atoms with E-state index >= 15 is 0 Å². The molecule has 0 bridgehead atoms. The molecule has 0 aliphatic heterocycles. The average Bonchev–Trinajstić information content (AvgIpc) is 3.22. The fraction of sp³-hybridized carbons (Fsp3) is 0.381. The number of ether oxygens (including phenoxy) is 1. The van der Waals surface area contributed by atoms with Crippen molar-refractivity contribution in [2.75, 3.05) is 19.5 Å². The van der Waals surface area contributed by atoms with E-state index in [1.165, 1.54) is 28.5 Å². The minimum Gasteiger partial charge on any atom is -0.385 e. The second-order valence-electron chi connectivity index (χ2n) is 7.02. The van der Waals surface area contributed by atoms with Crippen LogP contribution < -0.4 is 5.69 Å². The maximum atomic E-state index is 13.1. The minimum atomic E-state index is -0.293. The lowest BCUT2D eigenvalue weighted by molar-refractivity contribution is 0.102. The Bertz CT molecular complexity index is 1070. The molecule has 0 unspecified atom stereocenters. The van der Waals surface area contributed by atoms with Crippen molar-refractivity contribution in [3.8, 4) is 0 Å². The molecule has 3 aromatic rings. The van der Waals surface area contributed by atoms with Crippen LogP contribution in [0.3, 0.4) is 0 Å². The van der Waals surface area contributed by atoms with Crippen LogP contribution in [0.1, 0.15) is 33.7 Å². The Balaban J connectivity index is 1.69. The molecule has 30 heavy (non-hydrogen) atoms. The van der Waals surface area contributed by atoms with E-state index in [4.69, 9.17) is 4.74 Å². The molecule has 0 aliphatic rings. The van der Waals surface area contributed by atoms with E-state index in [1.54, 1.807) is 19.2 Å². The highest BCUT2D eigenvalue weighted by molar-refractivity contribution is 7.99. The first-order chi connectivity index (χ1) is 14.4. The number of H-pyrrole nitrogens is 1. The standard InChI is InChI=1S/C21H25FN4O3S/c1-14-11-18(15(2)26(14)12-16-5-7-17(22)8-6-16)19(27)13-30-21-24-23-20(28)25(21)9-4-10-29-3/h5-8,11H,4,9-10,12-13H2,1-3H3,(H,23,28). The van der Waals surface area contributed by atoms with Gasteiger partial charge in [0.15, 0.2) is 10.9 Å². The average molecular weight is 433 g/mol. The van der Waals surface area contributed by atoms with Crippen LogP contribution in [0.2, 0.25) is 0 Å². The summed E-state index contributed by atoms with van der Waals surface area (Å²) in [6.07, 6.45) is 0.683. The predicted molar refractivity (Wildman–Crippen MR) is 114 cm³/mol. The summed E-state index contributed by atoms with van der Waals surface area (Å²) in [4.78, 5) is 24.8. The van der Waals surface area contributed by atoms with Gasteiger partial charge in [0.1, 0.15) is 5.82 Å². The van der Waals surface area contributed by atoms with Crippen molar-refractivity contribution in [3.63, 3.8) is 0 Å². The zero-order valence-corrected chi connectivity index (χ0v) is 18.1. The van der Waals surface area contributed by atoms with Gasteiger partial charge in [-0.2, -0.15) is 0 Å². The number of halogens is 1. The van der Waals surface area contributed by atoms with Crippen LogP contribution in [0.25, 0.3) is 0 Å². The van der Waals surface area contributed by atoms with E-state index in [-0.39, 0.29) is 23.0 Å². The minimum absolute atomic E-state index is 0.0302. The number of hydrogen-bond donors (Lipinski definition) is 1. The lowest BCUT2D eigenvalue weighted by atomic mass is 10.2. The van der Waals surface area contributed by atoms with Gasteiger partial charge in [-0.15, -0.1) is 5.10 Å². The Morgan fingerprint density at radius 3 is 2.67 bits per heavy atom. The highest BCUT2D eigenvalue weighted by atomic mass is 32.2. The zero-order chi connectivity index (χ0) is 21.7. The van der Waals surface area contributed by atoms with Crippen LogP contribution in [0.15, 0.2) is 40.3 Å². The summed E-state index contributed by atoms with van der Waals surface area (Å²) in [6.45, 7) is 5.44. The number of carbonyl (C=O) groups is 1. The molecule has 0 fully saturated rings. The Hall–Kier alpha value is -2.65. The van der Waals surface area contributed by atoms with Gasteiger partial charge in [-0.3, -0.25) is 9.36 Å². The van der Waals surface area contributed by atoms with Crippen molar-refractivity contribution in [1.29, 1.82) is 0 Å². The Morgan fingerprint density at radius 2 is 1.97 bits per heavy atom. The third kappa shape index (κ3) is 5.09. The number of methoxy groups -OCH3 is 1. The first-order valence-corrected chi connectivity index (χ1v) is 10.6. The van der Waals surface area contributed by atoms with Gasteiger partial charge in [0.05, 0.1) is 5.75 Å². The molecule has 0 spiro atoms. The Morgan fingerprint density at radius 1 is 1.23 bits per heavy atom. The van der Waals surface area contributed by atoms with Gasteiger partial charge in [0, 0.05) is 43.8 Å². The number of aromatic amines is 1. The predicted octanol–water partition coefficient (Wildman–Crippen LogP) is 3.19. The van der Waals surface area contributed by atoms with Gasteiger partial charge in [-0.25, -0.2) is 14.3 Å². The van der Waals surface area contributed by atoms with Crippen LogP contribution in [-0.2, 0) is 17.8 Å². The van der Waals surface area contributed by atoms with Crippen molar-refractivity contribution in [3.05, 3.63) is 69.1 Å². The molecule has 1 N–H and O–H groups in total. The first kappa shape index (κ1) is 22.0. The Labute approximate surface area is 178 Å². The molecule has 3 rings (SSSR count). The Kier molecular flexibility index (Phi) is 7.28. The van der Waals surface area contributed by atoms with E-state index in [2.05, 4.69) is 10.2 Å². The van der Waals surface area contributed by atoms with Gasteiger partial charge in [-0.1, -0.05) is 23.9 Å². The number of rotatable bonds is 10. The SMILES string of the molecule is COCCCn1c(SCC(=O)c2cc(C)n(Cc3ccc(F)cc3)c2C)n[nH]c1=O. The van der Waals surface area contributed by atoms with Crippen molar-refractivity contribution >= 4 is 17.5 Å². The molecule has 0 saturated heterocycles. The number of Topliss-reactive ketones (excluding diaryl/α,β-unsaturated/α-hetero) is 1. The summed E-state index contributed by atoms with van der Waals surface area (Å²) >= 11 is 1.24. The van der Waals surface area contributed by atoms with Crippen molar-refractivity contribution in [2.24, 2.45) is 0 Å². The van der Waals surface area contributed by atoms with Crippen LogP contribution >= 0.6 is 11.8 Å². The number of nitrogens with one attached hydrogen (secondary N) is 1. The highest BCUT2D eigenvalue weighted by Crippen LogP contribution is 2.21. The molecule has 2 aromatic heterocycles. The number of hydrogen-bond acceptors (Lipinski definition) is 5. The number of thioether (sulfide) groups is 1. The van der Waals surface area contributed by atoms with E-state index < -0.39 is 0 Å². The van der Waals surface area contributed by atoms with Gasteiger partial charge in [0.2, 0.25) is 0 Å². The molecule has 0 amide bonds. The van der Waals surface area contributed by atoms with Crippen LogP contribution in [-0.4, -0.2) is 44.6 Å². The van der Waals surface area contributed by atoms with Gasteiger partial charge in [-0.05, 0) is 44.0 Å². The van der Waals surface area contributed by atoms with E-state index in [9.17, 15) is 14.0 Å². The lowest BCUT2D eigenvalue weighted by Gasteiger charge is -2.10. The highest BCUT2D eigenvalue weighted by Gasteiger charge is 2.18. The number of nitrogens with zero attached hydrogens (tertiary/aromatic N) is 3. The maximum absolute atomic E-state index is 13.1. The number of aryl methyl sites for hydroxylation is 1. The molecule has 1 aromatic carbocycles. The molecule has 7 nitrogen and oxygen atoms in total. The molecular weight excluding hydrogens is 407 g/mol. The van der Waals surface area contributed by atoms with Crippen LogP contribution in [0, 0.1) is 19.7 Å². The topological polar surface area (TPSA) is 81.9 Å². The van der Waals surface area contributed by atoms with E-state index in [0.29, 0.717) is 36.8 Å². The summed E-state index contributed by atoms with van der Waals surface area (Å²) in [5.74, 6) is -0.126. The second-order valence-corrected chi connectivity index (χ2v) is 7.96. The molecule has 160 valence electrons. The van der Waals surface area contributed by atoms with E-state index in [0.717, 1.165) is 17.0 Å². The molecule has 9 heteroatoms. The summed E-state index contributed by atoms with van der Waals surface area (Å²) in [7, 11) is 1.61. The van der Waals surface area contributed by atoms with Gasteiger partial charge in [0.25, 0.3) is 0 Å². The zero-order valence-electron chi connectivity index (χ0n) is 17.3. The summed E-state index contributed by atoms with van der Waals surface area (Å²) in [5, 5.41) is 6.96. The number of ketones is 1. The second kappa shape index (κ2) is 9.90.